The Morgan fingerprint density at radius 3 is 2.43 bits per heavy atom. The molecule has 21 heavy (non-hydrogen) atoms. The number of rotatable bonds is 8. The van der Waals surface area contributed by atoms with Gasteiger partial charge in [0.15, 0.2) is 0 Å². The maximum Gasteiger partial charge on any atom is 0.243 e. The molecule has 1 aromatic carbocycles. The molecule has 1 N–H and O–H groups in total. The Labute approximate surface area is 127 Å². The summed E-state index contributed by atoms with van der Waals surface area (Å²) in [6.45, 7) is 8.50. The monoisotopic (exact) mass is 308 g/mol. The molecule has 1 aromatic rings. The average Bonchev–Trinajstić information content (AvgIpc) is 3.26. The standard InChI is InChI=1S/C16H24N2O2S/c1-4-11-18(13(2)3)21(19,20)16-9-5-14(6-10-16)12-17-15-7-8-15/h4-6,9-10,13,15,17H,1,7-8,11-12H2,2-3H3. The van der Waals surface area contributed by atoms with Crippen LogP contribution in [0.4, 0.5) is 0 Å². The first-order valence-corrected chi connectivity index (χ1v) is 8.84. The Balaban J connectivity index is 2.12. The van der Waals surface area contributed by atoms with Crippen LogP contribution in [-0.2, 0) is 16.6 Å². The summed E-state index contributed by atoms with van der Waals surface area (Å²) in [4.78, 5) is 0.341. The first-order chi connectivity index (χ1) is 9.95. The largest absolute Gasteiger partial charge is 0.310 e. The van der Waals surface area contributed by atoms with Crippen LogP contribution in [0.25, 0.3) is 0 Å². The van der Waals surface area contributed by atoms with Gasteiger partial charge < -0.3 is 5.32 Å². The molecule has 1 fully saturated rings. The maximum atomic E-state index is 12.6. The third-order valence-electron chi connectivity index (χ3n) is 3.59. The maximum absolute atomic E-state index is 12.6. The van der Waals surface area contributed by atoms with Crippen LogP contribution < -0.4 is 5.32 Å². The summed E-state index contributed by atoms with van der Waals surface area (Å²) >= 11 is 0. The molecule has 5 heteroatoms. The van der Waals surface area contributed by atoms with E-state index in [1.807, 2.05) is 26.0 Å². The van der Waals surface area contributed by atoms with Gasteiger partial charge in [-0.2, -0.15) is 4.31 Å². The minimum atomic E-state index is -3.46. The lowest BCUT2D eigenvalue weighted by molar-refractivity contribution is 0.383. The van der Waals surface area contributed by atoms with E-state index < -0.39 is 10.0 Å². The smallest absolute Gasteiger partial charge is 0.243 e. The zero-order chi connectivity index (χ0) is 15.5. The van der Waals surface area contributed by atoms with Crippen molar-refractivity contribution in [3.8, 4) is 0 Å². The predicted molar refractivity (Wildman–Crippen MR) is 85.5 cm³/mol. The van der Waals surface area contributed by atoms with E-state index in [1.54, 1.807) is 18.2 Å². The Kier molecular flexibility index (Phi) is 5.19. The molecule has 0 saturated heterocycles. The Bertz CT molecular complexity index is 575. The zero-order valence-electron chi connectivity index (χ0n) is 12.7. The molecule has 0 radical (unpaired) electrons. The number of sulfonamides is 1. The Morgan fingerprint density at radius 2 is 1.95 bits per heavy atom. The van der Waals surface area contributed by atoms with Gasteiger partial charge in [0, 0.05) is 25.2 Å². The van der Waals surface area contributed by atoms with Gasteiger partial charge in [-0.05, 0) is 44.4 Å². The number of benzene rings is 1. The van der Waals surface area contributed by atoms with Gasteiger partial charge in [0.2, 0.25) is 10.0 Å². The molecule has 0 bridgehead atoms. The van der Waals surface area contributed by atoms with E-state index in [4.69, 9.17) is 0 Å². The molecule has 0 aliphatic heterocycles. The van der Waals surface area contributed by atoms with Gasteiger partial charge in [0.05, 0.1) is 4.90 Å². The lowest BCUT2D eigenvalue weighted by atomic mass is 10.2. The van der Waals surface area contributed by atoms with Crippen molar-refractivity contribution in [1.29, 1.82) is 0 Å². The van der Waals surface area contributed by atoms with Crippen molar-refractivity contribution in [1.82, 2.24) is 9.62 Å². The minimum Gasteiger partial charge on any atom is -0.310 e. The number of hydrogen-bond donors (Lipinski definition) is 1. The van der Waals surface area contributed by atoms with Crippen molar-refractivity contribution in [3.05, 3.63) is 42.5 Å². The molecule has 0 aromatic heterocycles. The second-order valence-corrected chi connectivity index (χ2v) is 7.65. The zero-order valence-corrected chi connectivity index (χ0v) is 13.6. The normalized spacial score (nSPS) is 15.6. The molecule has 116 valence electrons. The third kappa shape index (κ3) is 4.15. The summed E-state index contributed by atoms with van der Waals surface area (Å²) in [6, 6.07) is 7.71. The SMILES string of the molecule is C=CCN(C(C)C)S(=O)(=O)c1ccc(CNC2CC2)cc1. The van der Waals surface area contributed by atoms with Crippen molar-refractivity contribution < 1.29 is 8.42 Å². The Hall–Kier alpha value is -1.17. The summed E-state index contributed by atoms with van der Waals surface area (Å²) in [6.07, 6.45) is 4.11. The van der Waals surface area contributed by atoms with Gasteiger partial charge in [-0.15, -0.1) is 6.58 Å². The van der Waals surface area contributed by atoms with Crippen molar-refractivity contribution >= 4 is 10.0 Å². The van der Waals surface area contributed by atoms with E-state index in [2.05, 4.69) is 11.9 Å². The van der Waals surface area contributed by atoms with E-state index in [-0.39, 0.29) is 6.04 Å². The fourth-order valence-corrected chi connectivity index (χ4v) is 3.79. The van der Waals surface area contributed by atoms with Gasteiger partial charge in [-0.1, -0.05) is 18.2 Å². The van der Waals surface area contributed by atoms with Crippen molar-refractivity contribution in [3.63, 3.8) is 0 Å². The second kappa shape index (κ2) is 6.73. The topological polar surface area (TPSA) is 49.4 Å². The fraction of sp³-hybridized carbons (Fsp3) is 0.500. The van der Waals surface area contributed by atoms with Crippen LogP contribution in [0.2, 0.25) is 0 Å². The highest BCUT2D eigenvalue weighted by molar-refractivity contribution is 7.89. The molecular formula is C16H24N2O2S. The summed E-state index contributed by atoms with van der Waals surface area (Å²) < 4.78 is 26.7. The van der Waals surface area contributed by atoms with Gasteiger partial charge in [-0.3, -0.25) is 0 Å². The van der Waals surface area contributed by atoms with E-state index in [1.165, 1.54) is 17.1 Å². The Morgan fingerprint density at radius 1 is 1.33 bits per heavy atom. The molecular weight excluding hydrogens is 284 g/mol. The van der Waals surface area contributed by atoms with Crippen LogP contribution in [-0.4, -0.2) is 31.4 Å². The summed E-state index contributed by atoms with van der Waals surface area (Å²) in [5.74, 6) is 0. The molecule has 0 spiro atoms. The summed E-state index contributed by atoms with van der Waals surface area (Å²) in [5.41, 5.74) is 1.11. The average molecular weight is 308 g/mol. The molecule has 1 saturated carbocycles. The van der Waals surface area contributed by atoms with Crippen LogP contribution in [0.1, 0.15) is 32.3 Å². The van der Waals surface area contributed by atoms with E-state index >= 15 is 0 Å². The third-order valence-corrected chi connectivity index (χ3v) is 5.64. The van der Waals surface area contributed by atoms with Gasteiger partial charge in [0.1, 0.15) is 0 Å². The molecule has 0 heterocycles. The predicted octanol–water partition coefficient (Wildman–Crippen LogP) is 2.52. The molecule has 0 unspecified atom stereocenters. The highest BCUT2D eigenvalue weighted by Gasteiger charge is 2.26. The van der Waals surface area contributed by atoms with Gasteiger partial charge >= 0.3 is 0 Å². The van der Waals surface area contributed by atoms with Crippen LogP contribution in [0.15, 0.2) is 41.8 Å². The lowest BCUT2D eigenvalue weighted by Crippen LogP contribution is -2.37. The molecule has 2 rings (SSSR count). The van der Waals surface area contributed by atoms with Gasteiger partial charge in [-0.25, -0.2) is 8.42 Å². The molecule has 4 nitrogen and oxygen atoms in total. The highest BCUT2D eigenvalue weighted by Crippen LogP contribution is 2.21. The molecule has 1 aliphatic carbocycles. The first kappa shape index (κ1) is 16.2. The molecule has 0 atom stereocenters. The van der Waals surface area contributed by atoms with Crippen LogP contribution >= 0.6 is 0 Å². The second-order valence-electron chi connectivity index (χ2n) is 5.76. The highest BCUT2D eigenvalue weighted by atomic mass is 32.2. The summed E-state index contributed by atoms with van der Waals surface area (Å²) in [7, 11) is -3.46. The fourth-order valence-electron chi connectivity index (χ4n) is 2.18. The van der Waals surface area contributed by atoms with Crippen LogP contribution in [0.5, 0.6) is 0 Å². The van der Waals surface area contributed by atoms with E-state index in [9.17, 15) is 8.42 Å². The van der Waals surface area contributed by atoms with Gasteiger partial charge in [0.25, 0.3) is 0 Å². The van der Waals surface area contributed by atoms with E-state index in [0.717, 1.165) is 12.1 Å². The number of nitrogens with zero attached hydrogens (tertiary/aromatic N) is 1. The minimum absolute atomic E-state index is 0.0933. The number of hydrogen-bond acceptors (Lipinski definition) is 3. The molecule has 1 aliphatic rings. The van der Waals surface area contributed by atoms with E-state index in [0.29, 0.717) is 17.5 Å². The molecule has 0 amide bonds. The number of nitrogens with one attached hydrogen (secondary N) is 1. The van der Waals surface area contributed by atoms with Crippen LogP contribution in [0, 0.1) is 0 Å². The van der Waals surface area contributed by atoms with Crippen molar-refractivity contribution in [2.24, 2.45) is 0 Å². The summed E-state index contributed by atoms with van der Waals surface area (Å²) in [5, 5.41) is 3.42. The van der Waals surface area contributed by atoms with Crippen LogP contribution in [0.3, 0.4) is 0 Å². The first-order valence-electron chi connectivity index (χ1n) is 7.40. The van der Waals surface area contributed by atoms with Crippen molar-refractivity contribution in [2.75, 3.05) is 6.54 Å². The quantitative estimate of drug-likeness (QED) is 0.751. The van der Waals surface area contributed by atoms with Crippen molar-refractivity contribution in [2.45, 2.75) is 50.2 Å². The lowest BCUT2D eigenvalue weighted by Gasteiger charge is -2.24.